The molecule has 0 saturated heterocycles. The third-order valence-electron chi connectivity index (χ3n) is 2.35. The summed E-state index contributed by atoms with van der Waals surface area (Å²) in [5.74, 6) is -0.349. The molecule has 1 unspecified atom stereocenters. The highest BCUT2D eigenvalue weighted by Gasteiger charge is 2.18. The Bertz CT molecular complexity index is 379. The molecule has 1 atom stereocenters. The van der Waals surface area contributed by atoms with Crippen LogP contribution in [0.2, 0.25) is 0 Å². The van der Waals surface area contributed by atoms with Crippen LogP contribution in [0.1, 0.15) is 30.5 Å². The first-order chi connectivity index (χ1) is 7.56. The van der Waals surface area contributed by atoms with Crippen molar-refractivity contribution in [3.05, 3.63) is 33.8 Å². The zero-order valence-electron chi connectivity index (χ0n) is 9.59. The van der Waals surface area contributed by atoms with E-state index in [1.807, 2.05) is 25.1 Å². The van der Waals surface area contributed by atoms with Crippen molar-refractivity contribution in [1.82, 2.24) is 5.32 Å². The van der Waals surface area contributed by atoms with Gasteiger partial charge in [-0.05, 0) is 37.1 Å². The number of nitrogens with one attached hydrogen (secondary N) is 1. The largest absolute Gasteiger partial charge is 0.368 e. The van der Waals surface area contributed by atoms with Gasteiger partial charge in [0, 0.05) is 4.47 Å². The highest BCUT2D eigenvalue weighted by atomic mass is 79.9. The van der Waals surface area contributed by atoms with Crippen LogP contribution in [0.15, 0.2) is 22.7 Å². The molecule has 0 saturated carbocycles. The number of aryl methyl sites for hydroxylation is 1. The maximum Gasteiger partial charge on any atom is 0.239 e. The minimum absolute atomic E-state index is 0.349. The van der Waals surface area contributed by atoms with Crippen molar-refractivity contribution < 1.29 is 4.79 Å². The molecule has 1 amide bonds. The number of benzene rings is 1. The Morgan fingerprint density at radius 3 is 2.75 bits per heavy atom. The lowest BCUT2D eigenvalue weighted by atomic mass is 10.0. The van der Waals surface area contributed by atoms with Gasteiger partial charge in [-0.2, -0.15) is 0 Å². The molecule has 0 fully saturated rings. The number of rotatable bonds is 5. The summed E-state index contributed by atoms with van der Waals surface area (Å²) in [6, 6.07) is 5.47. The van der Waals surface area contributed by atoms with Crippen LogP contribution in [0.4, 0.5) is 0 Å². The lowest BCUT2D eigenvalue weighted by molar-refractivity contribution is -0.120. The van der Waals surface area contributed by atoms with E-state index in [-0.39, 0.29) is 5.91 Å². The Kier molecular flexibility index (Phi) is 4.96. The minimum atomic E-state index is -0.421. The Balaban J connectivity index is 2.96. The third kappa shape index (κ3) is 3.32. The Labute approximate surface area is 105 Å². The average molecular weight is 285 g/mol. The molecule has 1 aromatic rings. The molecule has 88 valence electrons. The molecule has 0 aliphatic heterocycles. The fraction of sp³-hybridized carbons (Fsp3) is 0.417. The molecule has 4 heteroatoms. The molecule has 16 heavy (non-hydrogen) atoms. The van der Waals surface area contributed by atoms with Gasteiger partial charge in [-0.15, -0.1) is 0 Å². The van der Waals surface area contributed by atoms with Crippen molar-refractivity contribution in [2.45, 2.75) is 26.3 Å². The molecule has 0 aliphatic rings. The van der Waals surface area contributed by atoms with E-state index >= 15 is 0 Å². The Morgan fingerprint density at radius 2 is 2.25 bits per heavy atom. The van der Waals surface area contributed by atoms with Crippen LogP contribution in [0, 0.1) is 6.92 Å². The summed E-state index contributed by atoms with van der Waals surface area (Å²) in [7, 11) is 0. The molecule has 0 heterocycles. The van der Waals surface area contributed by atoms with Gasteiger partial charge in [0.15, 0.2) is 0 Å². The molecule has 1 aromatic carbocycles. The summed E-state index contributed by atoms with van der Waals surface area (Å²) in [5, 5.41) is 3.14. The number of primary amides is 1. The first kappa shape index (κ1) is 13.2. The smallest absolute Gasteiger partial charge is 0.239 e. The summed E-state index contributed by atoms with van der Waals surface area (Å²) in [5.41, 5.74) is 7.44. The lowest BCUT2D eigenvalue weighted by Crippen LogP contribution is -2.34. The van der Waals surface area contributed by atoms with Crippen molar-refractivity contribution >= 4 is 21.8 Å². The molecular formula is C12H17BrN2O. The quantitative estimate of drug-likeness (QED) is 0.872. The number of amides is 1. The molecule has 3 N–H and O–H groups in total. The molecule has 0 aliphatic carbocycles. The fourth-order valence-corrected chi connectivity index (χ4v) is 2.24. The van der Waals surface area contributed by atoms with Crippen molar-refractivity contribution in [2.75, 3.05) is 6.54 Å². The molecule has 1 rings (SSSR count). The van der Waals surface area contributed by atoms with Gasteiger partial charge in [-0.3, -0.25) is 4.79 Å². The predicted molar refractivity (Wildman–Crippen MR) is 69.1 cm³/mol. The van der Waals surface area contributed by atoms with Gasteiger partial charge in [0.2, 0.25) is 5.91 Å². The number of carbonyl (C=O) groups excluding carboxylic acids is 1. The third-order valence-corrected chi connectivity index (χ3v) is 3.04. The first-order valence-corrected chi connectivity index (χ1v) is 6.14. The number of hydrogen-bond acceptors (Lipinski definition) is 2. The maximum absolute atomic E-state index is 11.4. The van der Waals surface area contributed by atoms with Gasteiger partial charge in [0.05, 0.1) is 0 Å². The summed E-state index contributed by atoms with van der Waals surface area (Å²) >= 11 is 3.46. The van der Waals surface area contributed by atoms with Gasteiger partial charge in [-0.25, -0.2) is 0 Å². The Hall–Kier alpha value is -0.870. The van der Waals surface area contributed by atoms with Crippen LogP contribution < -0.4 is 11.1 Å². The summed E-state index contributed by atoms with van der Waals surface area (Å²) < 4.78 is 0.917. The zero-order chi connectivity index (χ0) is 12.1. The number of halogens is 1. The Morgan fingerprint density at radius 1 is 1.56 bits per heavy atom. The average Bonchev–Trinajstić information content (AvgIpc) is 2.20. The van der Waals surface area contributed by atoms with Gasteiger partial charge in [-0.1, -0.05) is 35.0 Å². The lowest BCUT2D eigenvalue weighted by Gasteiger charge is -2.17. The normalized spacial score (nSPS) is 12.4. The molecule has 0 spiro atoms. The molecule has 0 radical (unpaired) electrons. The van der Waals surface area contributed by atoms with E-state index in [2.05, 4.69) is 28.2 Å². The highest BCUT2D eigenvalue weighted by molar-refractivity contribution is 9.10. The van der Waals surface area contributed by atoms with Crippen molar-refractivity contribution in [3.8, 4) is 0 Å². The minimum Gasteiger partial charge on any atom is -0.368 e. The van der Waals surface area contributed by atoms with Crippen LogP contribution in [0.5, 0.6) is 0 Å². The molecular weight excluding hydrogens is 268 g/mol. The second kappa shape index (κ2) is 6.01. The molecule has 0 aromatic heterocycles. The summed E-state index contributed by atoms with van der Waals surface area (Å²) in [6.07, 6.45) is 0.966. The van der Waals surface area contributed by atoms with Gasteiger partial charge in [0.25, 0.3) is 0 Å². The van der Waals surface area contributed by atoms with E-state index in [1.54, 1.807) is 0 Å². The first-order valence-electron chi connectivity index (χ1n) is 5.35. The highest BCUT2D eigenvalue weighted by Crippen LogP contribution is 2.24. The monoisotopic (exact) mass is 284 g/mol. The van der Waals surface area contributed by atoms with Crippen LogP contribution in [-0.4, -0.2) is 12.5 Å². The maximum atomic E-state index is 11.4. The van der Waals surface area contributed by atoms with Gasteiger partial charge >= 0.3 is 0 Å². The van der Waals surface area contributed by atoms with E-state index in [1.165, 1.54) is 0 Å². The number of hydrogen-bond donors (Lipinski definition) is 2. The molecule has 0 bridgehead atoms. The molecule has 3 nitrogen and oxygen atoms in total. The number of nitrogens with two attached hydrogens (primary N) is 1. The fourth-order valence-electron chi connectivity index (χ4n) is 1.52. The van der Waals surface area contributed by atoms with Crippen molar-refractivity contribution in [2.24, 2.45) is 5.73 Å². The van der Waals surface area contributed by atoms with Gasteiger partial charge in [0.1, 0.15) is 6.04 Å². The van der Waals surface area contributed by atoms with Crippen LogP contribution in [0.3, 0.4) is 0 Å². The van der Waals surface area contributed by atoms with Crippen LogP contribution >= 0.6 is 15.9 Å². The predicted octanol–water partition coefficient (Wildman–Crippen LogP) is 2.28. The zero-order valence-corrected chi connectivity index (χ0v) is 11.2. The SMILES string of the molecule is CCCNC(C(N)=O)c1ccc(C)cc1Br. The van der Waals surface area contributed by atoms with E-state index < -0.39 is 6.04 Å². The van der Waals surface area contributed by atoms with Crippen molar-refractivity contribution in [1.29, 1.82) is 0 Å². The standard InChI is InChI=1S/C12H17BrN2O/c1-3-6-15-11(12(14)16)9-5-4-8(2)7-10(9)13/h4-5,7,11,15H,3,6H2,1-2H3,(H2,14,16). The summed E-state index contributed by atoms with van der Waals surface area (Å²) in [4.78, 5) is 11.4. The van der Waals surface area contributed by atoms with E-state index in [9.17, 15) is 4.79 Å². The second-order valence-electron chi connectivity index (χ2n) is 3.81. The second-order valence-corrected chi connectivity index (χ2v) is 4.67. The summed E-state index contributed by atoms with van der Waals surface area (Å²) in [6.45, 7) is 4.83. The van der Waals surface area contributed by atoms with Crippen LogP contribution in [0.25, 0.3) is 0 Å². The number of carbonyl (C=O) groups is 1. The van der Waals surface area contributed by atoms with E-state index in [4.69, 9.17) is 5.73 Å². The topological polar surface area (TPSA) is 55.1 Å². The van der Waals surface area contributed by atoms with E-state index in [0.29, 0.717) is 0 Å². The van der Waals surface area contributed by atoms with Crippen molar-refractivity contribution in [3.63, 3.8) is 0 Å². The van der Waals surface area contributed by atoms with Crippen LogP contribution in [-0.2, 0) is 4.79 Å². The van der Waals surface area contributed by atoms with E-state index in [0.717, 1.165) is 28.6 Å². The van der Waals surface area contributed by atoms with Gasteiger partial charge < -0.3 is 11.1 Å².